The van der Waals surface area contributed by atoms with Crippen LogP contribution in [0.2, 0.25) is 8.49 Å². The molecule has 0 saturated carbocycles. The van der Waals surface area contributed by atoms with Crippen LogP contribution in [0.3, 0.4) is 0 Å². The van der Waals surface area contributed by atoms with Crippen LogP contribution in [-0.2, 0) is 7.53 Å². The standard InChI is InChI=1S/C12H28GeO2/c1-10(2)12(6,7)13(14-8,15-9)11(3,4)5/h10H,1-9H3. The van der Waals surface area contributed by atoms with Crippen LogP contribution in [0.4, 0.5) is 0 Å². The van der Waals surface area contributed by atoms with Crippen LogP contribution in [0, 0.1) is 5.92 Å². The minimum absolute atomic E-state index is 0.122. The molecule has 2 nitrogen and oxygen atoms in total. The molecular weight excluding hydrogens is 249 g/mol. The van der Waals surface area contributed by atoms with Crippen LogP contribution in [0.15, 0.2) is 0 Å². The van der Waals surface area contributed by atoms with Gasteiger partial charge < -0.3 is 0 Å². The molecular formula is C12H28GeO2. The molecule has 0 fully saturated rings. The van der Waals surface area contributed by atoms with Crippen LogP contribution in [0.5, 0.6) is 0 Å². The van der Waals surface area contributed by atoms with E-state index >= 15 is 0 Å². The molecule has 0 bridgehead atoms. The molecule has 0 aromatic rings. The molecule has 0 heterocycles. The third kappa shape index (κ3) is 2.42. The van der Waals surface area contributed by atoms with Gasteiger partial charge in [-0.15, -0.1) is 0 Å². The van der Waals surface area contributed by atoms with E-state index in [0.29, 0.717) is 5.92 Å². The van der Waals surface area contributed by atoms with Crippen molar-refractivity contribution in [3.05, 3.63) is 0 Å². The molecule has 3 heteroatoms. The summed E-state index contributed by atoms with van der Waals surface area (Å²) in [4.78, 5) is 0. The Morgan fingerprint density at radius 3 is 1.27 bits per heavy atom. The summed E-state index contributed by atoms with van der Waals surface area (Å²) in [6, 6.07) is 0. The van der Waals surface area contributed by atoms with Gasteiger partial charge in [-0.1, -0.05) is 0 Å². The number of rotatable bonds is 4. The molecule has 0 amide bonds. The van der Waals surface area contributed by atoms with Crippen molar-refractivity contribution in [2.75, 3.05) is 14.2 Å². The Labute approximate surface area is 98.8 Å². The molecule has 0 aliphatic carbocycles. The van der Waals surface area contributed by atoms with Crippen molar-refractivity contribution in [2.24, 2.45) is 5.92 Å². The summed E-state index contributed by atoms with van der Waals surface area (Å²) in [5.41, 5.74) is 0. The molecule has 0 aromatic carbocycles. The van der Waals surface area contributed by atoms with Gasteiger partial charge in [0.25, 0.3) is 0 Å². The van der Waals surface area contributed by atoms with Crippen LogP contribution in [0.1, 0.15) is 48.5 Å². The maximum absolute atomic E-state index is 5.94. The molecule has 0 unspecified atom stereocenters. The van der Waals surface area contributed by atoms with E-state index in [9.17, 15) is 0 Å². The summed E-state index contributed by atoms with van der Waals surface area (Å²) in [5, 5.41) is 0. The fourth-order valence-electron chi connectivity index (χ4n) is 2.57. The molecule has 0 saturated heterocycles. The molecule has 0 aliphatic rings. The van der Waals surface area contributed by atoms with Gasteiger partial charge in [0, 0.05) is 0 Å². The second-order valence-corrected chi connectivity index (χ2v) is 16.3. The SMILES string of the molecule is C[O][Ge]([O]C)([C](C)(C)C)[C](C)(C)C(C)C. The first kappa shape index (κ1) is 15.5. The zero-order valence-corrected chi connectivity index (χ0v) is 14.0. The second kappa shape index (κ2) is 4.76. The Morgan fingerprint density at radius 2 is 1.20 bits per heavy atom. The predicted molar refractivity (Wildman–Crippen MR) is 68.4 cm³/mol. The Balaban J connectivity index is 5.48. The van der Waals surface area contributed by atoms with Gasteiger partial charge >= 0.3 is 98.6 Å². The fourth-order valence-corrected chi connectivity index (χ4v) is 13.3. The van der Waals surface area contributed by atoms with E-state index in [1.54, 1.807) is 0 Å². The average Bonchev–Trinajstić information content (AvgIpc) is 2.03. The first-order valence-corrected chi connectivity index (χ1v) is 9.48. The Kier molecular flexibility index (Phi) is 4.91. The van der Waals surface area contributed by atoms with E-state index in [-0.39, 0.29) is 8.49 Å². The maximum atomic E-state index is 5.94. The van der Waals surface area contributed by atoms with Crippen molar-refractivity contribution in [2.45, 2.75) is 57.0 Å². The van der Waals surface area contributed by atoms with Crippen molar-refractivity contribution in [3.8, 4) is 0 Å². The van der Waals surface area contributed by atoms with Gasteiger partial charge in [0.1, 0.15) is 0 Å². The minimum atomic E-state index is -2.82. The summed E-state index contributed by atoms with van der Waals surface area (Å²) >= 11 is -2.82. The van der Waals surface area contributed by atoms with Crippen molar-refractivity contribution in [1.29, 1.82) is 0 Å². The summed E-state index contributed by atoms with van der Waals surface area (Å²) in [5.74, 6) is 0.566. The quantitative estimate of drug-likeness (QED) is 0.724. The first-order chi connectivity index (χ1) is 6.56. The van der Waals surface area contributed by atoms with Gasteiger partial charge in [-0.25, -0.2) is 0 Å². The predicted octanol–water partition coefficient (Wildman–Crippen LogP) is 3.96. The average molecular weight is 277 g/mol. The second-order valence-electron chi connectivity index (χ2n) is 6.15. The van der Waals surface area contributed by atoms with Gasteiger partial charge in [-0.3, -0.25) is 0 Å². The Hall–Kier alpha value is 0.463. The van der Waals surface area contributed by atoms with Crippen molar-refractivity contribution >= 4 is 13.9 Å². The topological polar surface area (TPSA) is 18.5 Å². The molecule has 0 aromatic heterocycles. The first-order valence-electron chi connectivity index (χ1n) is 5.67. The number of hydrogen-bond donors (Lipinski definition) is 0. The molecule has 0 rings (SSSR count). The molecule has 0 aliphatic heterocycles. The van der Waals surface area contributed by atoms with E-state index in [2.05, 4.69) is 48.5 Å². The van der Waals surface area contributed by atoms with Crippen molar-refractivity contribution < 1.29 is 7.53 Å². The normalized spacial score (nSPS) is 14.8. The zero-order valence-electron chi connectivity index (χ0n) is 11.9. The zero-order chi connectivity index (χ0) is 12.5. The van der Waals surface area contributed by atoms with E-state index < -0.39 is 13.9 Å². The van der Waals surface area contributed by atoms with Crippen LogP contribution in [0.25, 0.3) is 0 Å². The summed E-state index contributed by atoms with van der Waals surface area (Å²) < 4.78 is 12.1. The third-order valence-corrected chi connectivity index (χ3v) is 15.2. The molecule has 0 atom stereocenters. The summed E-state index contributed by atoms with van der Waals surface area (Å²) in [6.07, 6.45) is 0. The van der Waals surface area contributed by atoms with Crippen molar-refractivity contribution in [1.82, 2.24) is 0 Å². The Bertz CT molecular complexity index is 200. The molecule has 0 radical (unpaired) electrons. The monoisotopic (exact) mass is 278 g/mol. The van der Waals surface area contributed by atoms with E-state index in [1.165, 1.54) is 0 Å². The summed E-state index contributed by atoms with van der Waals surface area (Å²) in [6.45, 7) is 15.8. The van der Waals surface area contributed by atoms with Gasteiger partial charge in [0.05, 0.1) is 0 Å². The molecule has 0 N–H and O–H groups in total. The van der Waals surface area contributed by atoms with Gasteiger partial charge in [-0.05, 0) is 0 Å². The van der Waals surface area contributed by atoms with Crippen molar-refractivity contribution in [3.63, 3.8) is 0 Å². The molecule has 92 valence electrons. The van der Waals surface area contributed by atoms with E-state index in [1.807, 2.05) is 14.2 Å². The van der Waals surface area contributed by atoms with Crippen LogP contribution < -0.4 is 0 Å². The Morgan fingerprint density at radius 1 is 0.867 bits per heavy atom. The third-order valence-electron chi connectivity index (χ3n) is 3.85. The molecule has 15 heavy (non-hydrogen) atoms. The van der Waals surface area contributed by atoms with E-state index in [4.69, 9.17) is 7.53 Å². The van der Waals surface area contributed by atoms with Gasteiger partial charge in [0.2, 0.25) is 0 Å². The fraction of sp³-hybridized carbons (Fsp3) is 1.00. The van der Waals surface area contributed by atoms with Crippen LogP contribution >= 0.6 is 0 Å². The van der Waals surface area contributed by atoms with Crippen LogP contribution in [-0.4, -0.2) is 28.2 Å². The van der Waals surface area contributed by atoms with E-state index in [0.717, 1.165) is 0 Å². The summed E-state index contributed by atoms with van der Waals surface area (Å²) in [7, 11) is 3.64. The van der Waals surface area contributed by atoms with Gasteiger partial charge in [0.15, 0.2) is 0 Å². The van der Waals surface area contributed by atoms with Gasteiger partial charge in [-0.2, -0.15) is 0 Å². The number of hydrogen-bond acceptors (Lipinski definition) is 2. The molecule has 0 spiro atoms.